The molecule has 0 aromatic heterocycles. The van der Waals surface area contributed by atoms with E-state index in [1.165, 1.54) is 17.3 Å². The third kappa shape index (κ3) is 3.82. The van der Waals surface area contributed by atoms with E-state index in [9.17, 15) is 0 Å². The Labute approximate surface area is 41.2 Å². The predicted molar refractivity (Wildman–Crippen MR) is 27.8 cm³/mol. The summed E-state index contributed by atoms with van der Waals surface area (Å²) in [4.78, 5) is 0. The third-order valence-corrected chi connectivity index (χ3v) is 0.732. The zero-order valence-electron chi connectivity index (χ0n) is 3.46. The SMILES string of the molecule is C[CH]SC=NO. The van der Waals surface area contributed by atoms with Crippen molar-refractivity contribution in [3.63, 3.8) is 0 Å². The number of hydrogen-bond acceptors (Lipinski definition) is 3. The van der Waals surface area contributed by atoms with Gasteiger partial charge in [-0.15, -0.1) is 11.8 Å². The lowest BCUT2D eigenvalue weighted by atomic mass is 11.0. The molecule has 0 atom stereocenters. The zero-order chi connectivity index (χ0) is 4.83. The number of rotatable bonds is 2. The molecule has 0 aliphatic carbocycles. The summed E-state index contributed by atoms with van der Waals surface area (Å²) >= 11 is 1.34. The van der Waals surface area contributed by atoms with Crippen molar-refractivity contribution in [1.29, 1.82) is 0 Å². The molecular formula is C3H6NOS. The molecule has 0 saturated carbocycles. The van der Waals surface area contributed by atoms with E-state index in [4.69, 9.17) is 5.21 Å². The minimum atomic E-state index is 1.34. The van der Waals surface area contributed by atoms with Gasteiger partial charge in [0, 0.05) is 5.75 Å². The van der Waals surface area contributed by atoms with Crippen LogP contribution in [0.2, 0.25) is 0 Å². The van der Waals surface area contributed by atoms with Crippen molar-refractivity contribution in [1.82, 2.24) is 0 Å². The maximum Gasteiger partial charge on any atom is 0.0994 e. The quantitative estimate of drug-likeness (QED) is 0.248. The molecule has 35 valence electrons. The second-order valence-electron chi connectivity index (χ2n) is 0.593. The Balaban J connectivity index is 2.66. The van der Waals surface area contributed by atoms with Crippen LogP contribution < -0.4 is 0 Å². The van der Waals surface area contributed by atoms with Crippen LogP contribution in [0.1, 0.15) is 6.92 Å². The van der Waals surface area contributed by atoms with Crippen molar-refractivity contribution in [2.75, 3.05) is 0 Å². The van der Waals surface area contributed by atoms with Crippen molar-refractivity contribution in [3.8, 4) is 0 Å². The number of oxime groups is 1. The highest BCUT2D eigenvalue weighted by molar-refractivity contribution is 8.13. The van der Waals surface area contributed by atoms with Crippen LogP contribution in [0.3, 0.4) is 0 Å². The fraction of sp³-hybridized carbons (Fsp3) is 0.333. The van der Waals surface area contributed by atoms with Gasteiger partial charge in [-0.3, -0.25) is 0 Å². The summed E-state index contributed by atoms with van der Waals surface area (Å²) in [5.74, 6) is 1.82. The molecule has 0 aromatic rings. The summed E-state index contributed by atoms with van der Waals surface area (Å²) in [7, 11) is 0. The van der Waals surface area contributed by atoms with Crippen LogP contribution in [0.5, 0.6) is 0 Å². The first-order valence-corrected chi connectivity index (χ1v) is 2.45. The van der Waals surface area contributed by atoms with E-state index in [2.05, 4.69) is 5.16 Å². The van der Waals surface area contributed by atoms with Crippen molar-refractivity contribution in [2.24, 2.45) is 5.16 Å². The Morgan fingerprint density at radius 3 is 2.67 bits per heavy atom. The lowest BCUT2D eigenvalue weighted by Gasteiger charge is -1.74. The fourth-order valence-corrected chi connectivity index (χ4v) is 0.264. The molecule has 1 radical (unpaired) electrons. The normalized spacial score (nSPS) is 10.2. The smallest absolute Gasteiger partial charge is 0.0994 e. The van der Waals surface area contributed by atoms with Crippen LogP contribution in [-0.2, 0) is 0 Å². The molecule has 0 unspecified atom stereocenters. The number of nitrogens with zero attached hydrogens (tertiary/aromatic N) is 1. The van der Waals surface area contributed by atoms with Gasteiger partial charge in [0.2, 0.25) is 0 Å². The van der Waals surface area contributed by atoms with Gasteiger partial charge in [0.1, 0.15) is 0 Å². The Kier molecular flexibility index (Phi) is 4.68. The highest BCUT2D eigenvalue weighted by Gasteiger charge is 1.67. The zero-order valence-corrected chi connectivity index (χ0v) is 4.27. The van der Waals surface area contributed by atoms with Crippen LogP contribution >= 0.6 is 11.8 Å². The summed E-state index contributed by atoms with van der Waals surface area (Å²) in [5, 5.41) is 10.5. The molecule has 1 N–H and O–H groups in total. The average molecular weight is 104 g/mol. The highest BCUT2D eigenvalue weighted by Crippen LogP contribution is 1.95. The summed E-state index contributed by atoms with van der Waals surface area (Å²) < 4.78 is 0. The third-order valence-electron chi connectivity index (χ3n) is 0.244. The van der Waals surface area contributed by atoms with Crippen LogP contribution in [0.15, 0.2) is 5.16 Å². The van der Waals surface area contributed by atoms with E-state index in [-0.39, 0.29) is 0 Å². The summed E-state index contributed by atoms with van der Waals surface area (Å²) in [6.45, 7) is 1.87. The fourth-order valence-electron chi connectivity index (χ4n) is 0.0881. The van der Waals surface area contributed by atoms with E-state index in [1.807, 2.05) is 12.7 Å². The van der Waals surface area contributed by atoms with Gasteiger partial charge in [0.15, 0.2) is 0 Å². The lowest BCUT2D eigenvalue weighted by Crippen LogP contribution is -1.57. The summed E-state index contributed by atoms with van der Waals surface area (Å²) in [6, 6.07) is 0. The van der Waals surface area contributed by atoms with Gasteiger partial charge in [0.05, 0.1) is 5.55 Å². The maximum atomic E-state index is 7.73. The van der Waals surface area contributed by atoms with E-state index in [0.29, 0.717) is 0 Å². The van der Waals surface area contributed by atoms with Gasteiger partial charge >= 0.3 is 0 Å². The Hall–Kier alpha value is -0.180. The van der Waals surface area contributed by atoms with Crippen molar-refractivity contribution in [2.45, 2.75) is 6.92 Å². The molecule has 6 heavy (non-hydrogen) atoms. The molecule has 0 fully saturated rings. The second kappa shape index (κ2) is 4.82. The van der Waals surface area contributed by atoms with E-state index in [1.54, 1.807) is 0 Å². The number of hydrogen-bond donors (Lipinski definition) is 1. The molecule has 0 amide bonds. The van der Waals surface area contributed by atoms with Crippen molar-refractivity contribution >= 4 is 17.3 Å². The molecule has 0 aromatic carbocycles. The standard InChI is InChI=1S/C3H6NOS/c1-2-6-3-4-5/h2-3,5H,1H3. The Bertz CT molecular complexity index is 46.1. The summed E-state index contributed by atoms with van der Waals surface area (Å²) in [5.41, 5.74) is 1.35. The van der Waals surface area contributed by atoms with Crippen molar-refractivity contribution < 1.29 is 5.21 Å². The van der Waals surface area contributed by atoms with Gasteiger partial charge in [-0.25, -0.2) is 0 Å². The molecular weight excluding hydrogens is 98.1 g/mol. The van der Waals surface area contributed by atoms with Crippen LogP contribution in [0.25, 0.3) is 0 Å². The van der Waals surface area contributed by atoms with Gasteiger partial charge < -0.3 is 5.21 Å². The molecule has 0 saturated heterocycles. The molecule has 0 spiro atoms. The minimum Gasteiger partial charge on any atom is -0.410 e. The highest BCUT2D eigenvalue weighted by atomic mass is 32.2. The van der Waals surface area contributed by atoms with Crippen LogP contribution in [0, 0.1) is 5.75 Å². The molecule has 0 bridgehead atoms. The average Bonchev–Trinajstić information content (AvgIpc) is 1.61. The molecule has 0 aliphatic heterocycles. The largest absolute Gasteiger partial charge is 0.410 e. The Morgan fingerprint density at radius 2 is 2.50 bits per heavy atom. The molecule has 3 heteroatoms. The maximum absolute atomic E-state index is 7.73. The van der Waals surface area contributed by atoms with Gasteiger partial charge in [0.25, 0.3) is 0 Å². The first kappa shape index (κ1) is 5.82. The molecule has 0 rings (SSSR count). The van der Waals surface area contributed by atoms with E-state index < -0.39 is 0 Å². The summed E-state index contributed by atoms with van der Waals surface area (Å²) in [6.07, 6.45) is 0. The predicted octanol–water partition coefficient (Wildman–Crippen LogP) is 1.32. The first-order chi connectivity index (χ1) is 2.91. The topological polar surface area (TPSA) is 32.6 Å². The van der Waals surface area contributed by atoms with Crippen LogP contribution in [-0.4, -0.2) is 10.8 Å². The Morgan fingerprint density at radius 1 is 1.83 bits per heavy atom. The monoisotopic (exact) mass is 104 g/mol. The van der Waals surface area contributed by atoms with Gasteiger partial charge in [-0.05, 0) is 0 Å². The molecule has 2 nitrogen and oxygen atoms in total. The van der Waals surface area contributed by atoms with Gasteiger partial charge in [-0.2, -0.15) is 0 Å². The second-order valence-corrected chi connectivity index (χ2v) is 1.55. The molecule has 0 heterocycles. The van der Waals surface area contributed by atoms with Crippen LogP contribution in [0.4, 0.5) is 0 Å². The van der Waals surface area contributed by atoms with Gasteiger partial charge in [-0.1, -0.05) is 12.1 Å². The molecule has 0 aliphatic rings. The lowest BCUT2D eigenvalue weighted by molar-refractivity contribution is 0.323. The van der Waals surface area contributed by atoms with Crippen molar-refractivity contribution in [3.05, 3.63) is 5.75 Å². The van der Waals surface area contributed by atoms with E-state index >= 15 is 0 Å². The van der Waals surface area contributed by atoms with E-state index in [0.717, 1.165) is 0 Å². The number of thioether (sulfide) groups is 1. The minimum absolute atomic E-state index is 1.34. The first-order valence-electron chi connectivity index (χ1n) is 1.51.